The lowest BCUT2D eigenvalue weighted by molar-refractivity contribution is 0.672. The Morgan fingerprint density at radius 3 is 1.59 bits per heavy atom. The maximum atomic E-state index is 7.03. The molecule has 0 amide bonds. The molecular formula is C63H35N5OS. The number of nitrogens with zero attached hydrogens (tertiary/aromatic N) is 5. The summed E-state index contributed by atoms with van der Waals surface area (Å²) in [5.74, 6) is 1.68. The number of para-hydroxylation sites is 2. The van der Waals surface area contributed by atoms with Gasteiger partial charge in [0.25, 0.3) is 0 Å². The molecule has 7 heteroatoms. The Kier molecular flexibility index (Phi) is 7.67. The number of benzene rings is 11. The van der Waals surface area contributed by atoms with Crippen LogP contribution < -0.4 is 0 Å². The zero-order valence-corrected chi connectivity index (χ0v) is 38.1. The van der Waals surface area contributed by atoms with Gasteiger partial charge in [0.2, 0.25) is 5.95 Å². The molecule has 0 bridgehead atoms. The quantitative estimate of drug-likeness (QED) is 0.176. The van der Waals surface area contributed by atoms with E-state index in [1.807, 2.05) is 0 Å². The zero-order chi connectivity index (χ0) is 45.6. The molecule has 0 spiro atoms. The summed E-state index contributed by atoms with van der Waals surface area (Å²) in [6, 6.07) is 76.2. The minimum absolute atomic E-state index is 0.538. The molecule has 0 fully saturated rings. The van der Waals surface area contributed by atoms with E-state index in [1.165, 1.54) is 47.8 Å². The van der Waals surface area contributed by atoms with E-state index in [0.717, 1.165) is 87.1 Å². The van der Waals surface area contributed by atoms with Gasteiger partial charge in [0.1, 0.15) is 11.2 Å². The number of fused-ring (bicyclic) bond motifs is 16. The van der Waals surface area contributed by atoms with Crippen LogP contribution in [0.1, 0.15) is 0 Å². The standard InChI is InChI=1S/C63H35N5OS/c1-3-17-39-32-54-48(30-37(39)15-1)49-31-38-16-2-4-18-40(38)33-55(49)67(54)56-34-50-45-29-28-36-14-5-6-19-41(36)59(45)69-57(50)35-51(56)62-64-61(47-24-13-23-46-44-22-9-12-27-58(44)70-60(46)47)65-63(66-62)68-52-25-10-7-20-42(52)43-21-8-11-26-53(43)68/h1-35H. The summed E-state index contributed by atoms with van der Waals surface area (Å²) in [7, 11) is 0. The van der Waals surface area contributed by atoms with Crippen molar-refractivity contribution >= 4 is 129 Å². The molecule has 0 aliphatic rings. The highest BCUT2D eigenvalue weighted by atomic mass is 32.1. The maximum Gasteiger partial charge on any atom is 0.238 e. The Hall–Kier alpha value is -9.17. The predicted octanol–water partition coefficient (Wildman–Crippen LogP) is 17.1. The van der Waals surface area contributed by atoms with Gasteiger partial charge in [-0.2, -0.15) is 9.97 Å². The summed E-state index contributed by atoms with van der Waals surface area (Å²) in [5.41, 5.74) is 8.56. The fourth-order valence-electron chi connectivity index (χ4n) is 11.3. The van der Waals surface area contributed by atoms with Crippen molar-refractivity contribution in [3.63, 3.8) is 0 Å². The van der Waals surface area contributed by atoms with Crippen molar-refractivity contribution in [3.05, 3.63) is 212 Å². The second kappa shape index (κ2) is 14.2. The van der Waals surface area contributed by atoms with Crippen LogP contribution in [-0.4, -0.2) is 24.1 Å². The normalized spacial score (nSPS) is 12.3. The summed E-state index contributed by atoms with van der Waals surface area (Å²) in [5, 5.41) is 16.0. The summed E-state index contributed by atoms with van der Waals surface area (Å²) in [4.78, 5) is 16.7. The number of rotatable bonds is 4. The molecule has 0 atom stereocenters. The van der Waals surface area contributed by atoms with Gasteiger partial charge in [0.15, 0.2) is 11.6 Å². The minimum Gasteiger partial charge on any atom is -0.455 e. The summed E-state index contributed by atoms with van der Waals surface area (Å²) in [6.45, 7) is 0. The lowest BCUT2D eigenvalue weighted by Crippen LogP contribution is -2.08. The van der Waals surface area contributed by atoms with E-state index in [9.17, 15) is 0 Å². The molecule has 5 heterocycles. The van der Waals surface area contributed by atoms with Crippen molar-refractivity contribution in [1.29, 1.82) is 0 Å². The van der Waals surface area contributed by atoms with Gasteiger partial charge in [-0.3, -0.25) is 4.57 Å². The van der Waals surface area contributed by atoms with Gasteiger partial charge in [0.05, 0.1) is 27.8 Å². The van der Waals surface area contributed by atoms with Crippen molar-refractivity contribution < 1.29 is 4.42 Å². The average molecular weight is 910 g/mol. The van der Waals surface area contributed by atoms with Crippen molar-refractivity contribution in [2.24, 2.45) is 0 Å². The molecule has 0 aliphatic heterocycles. The van der Waals surface area contributed by atoms with E-state index in [1.54, 1.807) is 11.3 Å². The Bertz CT molecular complexity index is 4770. The van der Waals surface area contributed by atoms with Crippen LogP contribution >= 0.6 is 11.3 Å². The van der Waals surface area contributed by atoms with Crippen molar-refractivity contribution in [3.8, 4) is 34.4 Å². The lowest BCUT2D eigenvalue weighted by Gasteiger charge is -2.16. The first-order valence-corrected chi connectivity index (χ1v) is 24.4. The SMILES string of the molecule is c1ccc2cc3c(cc2c1)c1cc2ccccc2cc1n3-c1cc2c(cc1-c1nc(-c3cccc4c3sc3ccccc34)nc(-n3c4ccccc4c4ccccc43)n1)oc1c3ccccc3ccc21. The van der Waals surface area contributed by atoms with Gasteiger partial charge in [0, 0.05) is 69.0 Å². The highest BCUT2D eigenvalue weighted by Crippen LogP contribution is 2.45. The number of hydrogen-bond acceptors (Lipinski definition) is 5. The largest absolute Gasteiger partial charge is 0.455 e. The highest BCUT2D eigenvalue weighted by molar-refractivity contribution is 7.26. The molecule has 70 heavy (non-hydrogen) atoms. The fraction of sp³-hybridized carbons (Fsp3) is 0. The van der Waals surface area contributed by atoms with Crippen LogP contribution in [0.2, 0.25) is 0 Å². The molecule has 16 aromatic rings. The fourth-order valence-corrected chi connectivity index (χ4v) is 12.5. The van der Waals surface area contributed by atoms with Crippen LogP contribution in [0.4, 0.5) is 0 Å². The van der Waals surface area contributed by atoms with Crippen LogP contribution in [0.15, 0.2) is 217 Å². The molecule has 324 valence electrons. The summed E-state index contributed by atoms with van der Waals surface area (Å²) < 4.78 is 14.0. The van der Waals surface area contributed by atoms with E-state index in [0.29, 0.717) is 17.6 Å². The van der Waals surface area contributed by atoms with Crippen LogP contribution in [0.3, 0.4) is 0 Å². The predicted molar refractivity (Wildman–Crippen MR) is 292 cm³/mol. The monoisotopic (exact) mass is 909 g/mol. The van der Waals surface area contributed by atoms with Crippen LogP contribution in [0.25, 0.3) is 152 Å². The average Bonchev–Trinajstić information content (AvgIpc) is 4.16. The van der Waals surface area contributed by atoms with Crippen molar-refractivity contribution in [2.45, 2.75) is 0 Å². The third-order valence-electron chi connectivity index (χ3n) is 14.5. The summed E-state index contributed by atoms with van der Waals surface area (Å²) >= 11 is 1.78. The van der Waals surface area contributed by atoms with Gasteiger partial charge in [-0.05, 0) is 93.7 Å². The van der Waals surface area contributed by atoms with Gasteiger partial charge in [-0.1, -0.05) is 146 Å². The Morgan fingerprint density at radius 1 is 0.343 bits per heavy atom. The first-order valence-electron chi connectivity index (χ1n) is 23.6. The molecule has 16 rings (SSSR count). The Morgan fingerprint density at radius 2 is 0.900 bits per heavy atom. The van der Waals surface area contributed by atoms with E-state index < -0.39 is 0 Å². The third kappa shape index (κ3) is 5.35. The second-order valence-corrected chi connectivity index (χ2v) is 19.4. The number of thiophene rings is 1. The number of aromatic nitrogens is 5. The molecule has 5 aromatic heterocycles. The smallest absolute Gasteiger partial charge is 0.238 e. The Labute approximate surface area is 402 Å². The van der Waals surface area contributed by atoms with Gasteiger partial charge in [-0.15, -0.1) is 11.3 Å². The lowest BCUT2D eigenvalue weighted by atomic mass is 10.0. The highest BCUT2D eigenvalue weighted by Gasteiger charge is 2.25. The van der Waals surface area contributed by atoms with Crippen molar-refractivity contribution in [2.75, 3.05) is 0 Å². The summed E-state index contributed by atoms with van der Waals surface area (Å²) in [6.07, 6.45) is 0. The van der Waals surface area contributed by atoms with Gasteiger partial charge < -0.3 is 8.98 Å². The van der Waals surface area contributed by atoms with E-state index in [2.05, 4.69) is 221 Å². The topological polar surface area (TPSA) is 61.7 Å². The molecule has 0 saturated carbocycles. The molecule has 0 aliphatic carbocycles. The van der Waals surface area contributed by atoms with Crippen LogP contribution in [-0.2, 0) is 0 Å². The molecule has 0 saturated heterocycles. The molecule has 6 nitrogen and oxygen atoms in total. The van der Waals surface area contributed by atoms with E-state index in [-0.39, 0.29) is 0 Å². The van der Waals surface area contributed by atoms with Crippen LogP contribution in [0.5, 0.6) is 0 Å². The molecule has 0 radical (unpaired) electrons. The first-order chi connectivity index (χ1) is 34.7. The molecule has 11 aromatic carbocycles. The number of hydrogen-bond donors (Lipinski definition) is 0. The zero-order valence-electron chi connectivity index (χ0n) is 37.3. The third-order valence-corrected chi connectivity index (χ3v) is 15.7. The van der Waals surface area contributed by atoms with Gasteiger partial charge >= 0.3 is 0 Å². The van der Waals surface area contributed by atoms with Crippen LogP contribution in [0, 0.1) is 0 Å². The molecule has 0 unspecified atom stereocenters. The van der Waals surface area contributed by atoms with E-state index in [4.69, 9.17) is 19.4 Å². The van der Waals surface area contributed by atoms with E-state index >= 15 is 0 Å². The first kappa shape index (κ1) is 37.9. The van der Waals surface area contributed by atoms with Gasteiger partial charge in [-0.25, -0.2) is 4.98 Å². The Balaban J connectivity index is 1.08. The maximum absolute atomic E-state index is 7.03. The molecule has 0 N–H and O–H groups in total. The second-order valence-electron chi connectivity index (χ2n) is 18.3. The molecular weight excluding hydrogens is 875 g/mol. The number of furan rings is 1. The minimum atomic E-state index is 0.538. The van der Waals surface area contributed by atoms with Crippen molar-refractivity contribution in [1.82, 2.24) is 24.1 Å².